The Morgan fingerprint density at radius 3 is 2.62 bits per heavy atom. The number of hydrogen-bond acceptors (Lipinski definition) is 4. The lowest BCUT2D eigenvalue weighted by Crippen LogP contribution is -1.93. The SMILES string of the molecule is Fc1ccc(-c2nnc3sc(-c4cccc(F)c4F)nn23)cc1Br. The van der Waals surface area contributed by atoms with Gasteiger partial charge in [0.2, 0.25) is 4.96 Å². The molecule has 0 unspecified atom stereocenters. The smallest absolute Gasteiger partial charge is 0.206 e. The summed E-state index contributed by atoms with van der Waals surface area (Å²) in [7, 11) is 0. The standard InChI is InChI=1S/C15H6BrF3N4S/c16-9-6-7(4-5-10(9)17)13-20-21-15-23(13)22-14(24-15)8-2-1-3-11(18)12(8)19/h1-6H. The predicted molar refractivity (Wildman–Crippen MR) is 87.1 cm³/mol. The molecular formula is C15H6BrF3N4S. The van der Waals surface area contributed by atoms with E-state index in [2.05, 4.69) is 31.2 Å². The summed E-state index contributed by atoms with van der Waals surface area (Å²) in [5, 5.41) is 12.6. The van der Waals surface area contributed by atoms with E-state index < -0.39 is 17.5 Å². The summed E-state index contributed by atoms with van der Waals surface area (Å²) < 4.78 is 42.4. The fourth-order valence-electron chi connectivity index (χ4n) is 2.21. The van der Waals surface area contributed by atoms with Crippen LogP contribution < -0.4 is 0 Å². The second-order valence-corrected chi connectivity index (χ2v) is 6.67. The van der Waals surface area contributed by atoms with Crippen molar-refractivity contribution < 1.29 is 13.2 Å². The minimum absolute atomic E-state index is 0.0525. The predicted octanol–water partition coefficient (Wildman–Crippen LogP) is 4.70. The highest BCUT2D eigenvalue weighted by atomic mass is 79.9. The van der Waals surface area contributed by atoms with Gasteiger partial charge in [0.15, 0.2) is 22.5 Å². The van der Waals surface area contributed by atoms with Crippen LogP contribution in [-0.4, -0.2) is 19.8 Å². The van der Waals surface area contributed by atoms with Gasteiger partial charge in [-0.3, -0.25) is 0 Å². The molecule has 4 aromatic rings. The lowest BCUT2D eigenvalue weighted by Gasteiger charge is -2.00. The number of nitrogens with zero attached hydrogens (tertiary/aromatic N) is 4. The average Bonchev–Trinajstić information content (AvgIpc) is 3.13. The van der Waals surface area contributed by atoms with Gasteiger partial charge in [-0.15, -0.1) is 10.2 Å². The Hall–Kier alpha value is -2.26. The topological polar surface area (TPSA) is 43.1 Å². The molecule has 0 fully saturated rings. The highest BCUT2D eigenvalue weighted by Gasteiger charge is 2.18. The molecular weight excluding hydrogens is 405 g/mol. The molecule has 0 aliphatic heterocycles. The van der Waals surface area contributed by atoms with Gasteiger partial charge in [-0.2, -0.15) is 9.61 Å². The molecule has 0 atom stereocenters. The van der Waals surface area contributed by atoms with Gasteiger partial charge in [0, 0.05) is 5.56 Å². The molecule has 0 spiro atoms. The van der Waals surface area contributed by atoms with Crippen molar-refractivity contribution in [3.05, 3.63) is 58.3 Å². The van der Waals surface area contributed by atoms with Gasteiger partial charge in [0.1, 0.15) is 5.82 Å². The molecule has 0 amide bonds. The summed E-state index contributed by atoms with van der Waals surface area (Å²) in [6.07, 6.45) is 0. The van der Waals surface area contributed by atoms with E-state index in [9.17, 15) is 13.2 Å². The van der Waals surface area contributed by atoms with Crippen molar-refractivity contribution in [1.82, 2.24) is 19.8 Å². The summed E-state index contributed by atoms with van der Waals surface area (Å²) in [5.74, 6) is -1.93. The zero-order valence-electron chi connectivity index (χ0n) is 11.7. The molecule has 0 saturated carbocycles. The highest BCUT2D eigenvalue weighted by molar-refractivity contribution is 9.10. The van der Waals surface area contributed by atoms with Gasteiger partial charge in [0.05, 0.1) is 10.0 Å². The third kappa shape index (κ3) is 2.40. The largest absolute Gasteiger partial charge is 0.235 e. The minimum Gasteiger partial charge on any atom is -0.206 e. The van der Waals surface area contributed by atoms with Gasteiger partial charge in [-0.1, -0.05) is 17.4 Å². The molecule has 24 heavy (non-hydrogen) atoms. The average molecular weight is 411 g/mol. The quantitative estimate of drug-likeness (QED) is 0.480. The van der Waals surface area contributed by atoms with Crippen LogP contribution in [0.25, 0.3) is 26.9 Å². The van der Waals surface area contributed by atoms with Gasteiger partial charge < -0.3 is 0 Å². The van der Waals surface area contributed by atoms with Gasteiger partial charge in [-0.25, -0.2) is 13.2 Å². The lowest BCUT2D eigenvalue weighted by molar-refractivity contribution is 0.511. The zero-order valence-corrected chi connectivity index (χ0v) is 14.1. The van der Waals surface area contributed by atoms with Crippen molar-refractivity contribution in [3.8, 4) is 22.0 Å². The van der Waals surface area contributed by atoms with Gasteiger partial charge in [-0.05, 0) is 46.3 Å². The van der Waals surface area contributed by atoms with Gasteiger partial charge >= 0.3 is 0 Å². The summed E-state index contributed by atoms with van der Waals surface area (Å²) in [6.45, 7) is 0. The molecule has 4 nitrogen and oxygen atoms in total. The molecule has 0 aliphatic rings. The summed E-state index contributed by atoms with van der Waals surface area (Å²) in [4.78, 5) is 0.420. The van der Waals surface area contributed by atoms with Crippen LogP contribution in [0.15, 0.2) is 40.9 Å². The maximum absolute atomic E-state index is 13.9. The third-order valence-electron chi connectivity index (χ3n) is 3.35. The fourth-order valence-corrected chi connectivity index (χ4v) is 3.45. The van der Waals surface area contributed by atoms with Crippen molar-refractivity contribution in [2.24, 2.45) is 0 Å². The van der Waals surface area contributed by atoms with E-state index in [1.54, 1.807) is 12.1 Å². The molecule has 9 heteroatoms. The summed E-state index contributed by atoms with van der Waals surface area (Å²) in [5.41, 5.74) is 0.643. The van der Waals surface area contributed by atoms with Crippen LogP contribution in [0.3, 0.4) is 0 Å². The number of hydrogen-bond donors (Lipinski definition) is 0. The second kappa shape index (κ2) is 5.67. The van der Waals surface area contributed by atoms with Crippen molar-refractivity contribution in [1.29, 1.82) is 0 Å². The van der Waals surface area contributed by atoms with Crippen LogP contribution in [0.2, 0.25) is 0 Å². The Labute approximate surface area is 145 Å². The Balaban J connectivity index is 1.87. The van der Waals surface area contributed by atoms with Crippen molar-refractivity contribution in [2.75, 3.05) is 0 Å². The first kappa shape index (κ1) is 15.3. The Morgan fingerprint density at radius 2 is 1.83 bits per heavy atom. The first-order valence-corrected chi connectivity index (χ1v) is 8.27. The number of fused-ring (bicyclic) bond motifs is 1. The van der Waals surface area contributed by atoms with E-state index in [1.807, 2.05) is 0 Å². The van der Waals surface area contributed by atoms with Crippen LogP contribution in [0.1, 0.15) is 0 Å². The minimum atomic E-state index is -0.964. The number of halogens is 4. The van der Waals surface area contributed by atoms with Crippen molar-refractivity contribution in [2.45, 2.75) is 0 Å². The number of benzene rings is 2. The van der Waals surface area contributed by atoms with Crippen LogP contribution in [0.4, 0.5) is 13.2 Å². The highest BCUT2D eigenvalue weighted by Crippen LogP contribution is 2.31. The molecule has 0 saturated heterocycles. The molecule has 4 rings (SSSR count). The van der Waals surface area contributed by atoms with E-state index in [-0.39, 0.29) is 15.0 Å². The van der Waals surface area contributed by atoms with Crippen LogP contribution in [0.5, 0.6) is 0 Å². The molecule has 2 aromatic carbocycles. The maximum atomic E-state index is 13.9. The second-order valence-electron chi connectivity index (χ2n) is 4.86. The fraction of sp³-hybridized carbons (Fsp3) is 0. The molecule has 2 aromatic heterocycles. The Kier molecular flexibility index (Phi) is 3.61. The summed E-state index contributed by atoms with van der Waals surface area (Å²) >= 11 is 4.20. The van der Waals surface area contributed by atoms with E-state index in [4.69, 9.17) is 0 Å². The number of aromatic nitrogens is 4. The Bertz CT molecular complexity index is 1080. The lowest BCUT2D eigenvalue weighted by atomic mass is 10.2. The van der Waals surface area contributed by atoms with E-state index in [0.717, 1.165) is 17.4 Å². The Morgan fingerprint density at radius 1 is 1.00 bits per heavy atom. The molecule has 0 radical (unpaired) electrons. The number of rotatable bonds is 2. The van der Waals surface area contributed by atoms with Crippen LogP contribution >= 0.6 is 27.3 Å². The van der Waals surface area contributed by atoms with E-state index >= 15 is 0 Å². The van der Waals surface area contributed by atoms with Crippen LogP contribution in [-0.2, 0) is 0 Å². The monoisotopic (exact) mass is 410 g/mol. The van der Waals surface area contributed by atoms with E-state index in [0.29, 0.717) is 16.3 Å². The first-order chi connectivity index (χ1) is 11.5. The van der Waals surface area contributed by atoms with Gasteiger partial charge in [0.25, 0.3) is 0 Å². The third-order valence-corrected chi connectivity index (χ3v) is 4.89. The molecule has 0 N–H and O–H groups in total. The first-order valence-electron chi connectivity index (χ1n) is 6.66. The zero-order chi connectivity index (χ0) is 16.8. The van der Waals surface area contributed by atoms with Crippen LogP contribution in [0, 0.1) is 17.5 Å². The van der Waals surface area contributed by atoms with Crippen molar-refractivity contribution >= 4 is 32.2 Å². The van der Waals surface area contributed by atoms with Crippen molar-refractivity contribution in [3.63, 3.8) is 0 Å². The maximum Gasteiger partial charge on any atom is 0.235 e. The van der Waals surface area contributed by atoms with E-state index in [1.165, 1.54) is 22.7 Å². The normalized spacial score (nSPS) is 11.3. The molecule has 0 aliphatic carbocycles. The summed E-state index contributed by atoms with van der Waals surface area (Å²) in [6, 6.07) is 8.28. The molecule has 2 heterocycles. The molecule has 120 valence electrons. The molecule has 0 bridgehead atoms.